The highest BCUT2D eigenvalue weighted by molar-refractivity contribution is 7.85. The van der Waals surface area contributed by atoms with Gasteiger partial charge in [0.25, 0.3) is 0 Å². The Morgan fingerprint density at radius 2 is 1.78 bits per heavy atom. The summed E-state index contributed by atoms with van der Waals surface area (Å²) >= 11 is 0. The Bertz CT molecular complexity index is 443. The van der Waals surface area contributed by atoms with Crippen LogP contribution in [-0.4, -0.2) is 21.0 Å². The first-order valence-electron chi connectivity index (χ1n) is 5.93. The van der Waals surface area contributed by atoms with Gasteiger partial charge in [0.05, 0.1) is 16.7 Å². The van der Waals surface area contributed by atoms with Crippen LogP contribution in [0.2, 0.25) is 0 Å². The summed E-state index contributed by atoms with van der Waals surface area (Å²) in [6.07, 6.45) is 0. The third-order valence-electron chi connectivity index (χ3n) is 2.81. The third kappa shape index (κ3) is 3.95. The van der Waals surface area contributed by atoms with Gasteiger partial charge < -0.3 is 5.11 Å². The molecule has 0 saturated carbocycles. The molecule has 0 spiro atoms. The lowest BCUT2D eigenvalue weighted by atomic mass is 9.87. The van der Waals surface area contributed by atoms with Gasteiger partial charge in [0.1, 0.15) is 0 Å². The van der Waals surface area contributed by atoms with Crippen LogP contribution in [0.4, 0.5) is 0 Å². The number of carboxylic acid groups (broad SMARTS) is 1. The second-order valence-electron chi connectivity index (χ2n) is 5.53. The first kappa shape index (κ1) is 14.9. The molecule has 1 N–H and O–H groups in total. The number of aliphatic carboxylic acids is 1. The monoisotopic (exact) mass is 268 g/mol. The van der Waals surface area contributed by atoms with Crippen LogP contribution in [0.1, 0.15) is 33.3 Å². The van der Waals surface area contributed by atoms with Gasteiger partial charge in [-0.05, 0) is 23.1 Å². The molecule has 0 aliphatic heterocycles. The van der Waals surface area contributed by atoms with Gasteiger partial charge >= 0.3 is 5.97 Å². The van der Waals surface area contributed by atoms with E-state index in [9.17, 15) is 9.00 Å². The Hall–Kier alpha value is -1.16. The maximum atomic E-state index is 12.0. The zero-order valence-corrected chi connectivity index (χ0v) is 12.1. The number of benzene rings is 1. The SMILES string of the molecule is CC(CS(=O)c1ccc(C(C)(C)C)cc1)C(=O)O. The minimum Gasteiger partial charge on any atom is -0.481 e. The number of carbonyl (C=O) groups is 1. The Morgan fingerprint density at radius 3 is 2.17 bits per heavy atom. The van der Waals surface area contributed by atoms with E-state index in [1.165, 1.54) is 5.56 Å². The normalized spacial score (nSPS) is 15.1. The van der Waals surface area contributed by atoms with Crippen LogP contribution in [0, 0.1) is 5.92 Å². The van der Waals surface area contributed by atoms with E-state index in [2.05, 4.69) is 20.8 Å². The first-order chi connectivity index (χ1) is 8.21. The van der Waals surface area contributed by atoms with E-state index in [-0.39, 0.29) is 11.2 Å². The van der Waals surface area contributed by atoms with E-state index < -0.39 is 22.7 Å². The van der Waals surface area contributed by atoms with Gasteiger partial charge in [-0.25, -0.2) is 0 Å². The second-order valence-corrected chi connectivity index (χ2v) is 7.02. The average molecular weight is 268 g/mol. The Labute approximate surface area is 111 Å². The molecular formula is C14H20O3S. The predicted molar refractivity (Wildman–Crippen MR) is 73.2 cm³/mol. The topological polar surface area (TPSA) is 54.4 Å². The van der Waals surface area contributed by atoms with Crippen molar-refractivity contribution in [1.82, 2.24) is 0 Å². The van der Waals surface area contributed by atoms with E-state index in [4.69, 9.17) is 5.11 Å². The number of carboxylic acids is 1. The van der Waals surface area contributed by atoms with Gasteiger partial charge in [0, 0.05) is 10.6 Å². The fraction of sp³-hybridized carbons (Fsp3) is 0.500. The molecule has 0 heterocycles. The molecule has 0 fully saturated rings. The second kappa shape index (κ2) is 5.65. The first-order valence-corrected chi connectivity index (χ1v) is 7.25. The summed E-state index contributed by atoms with van der Waals surface area (Å²) in [5, 5.41) is 8.79. The molecule has 0 bridgehead atoms. The Balaban J connectivity index is 2.80. The third-order valence-corrected chi connectivity index (χ3v) is 4.41. The lowest BCUT2D eigenvalue weighted by Crippen LogP contribution is -2.17. The molecular weight excluding hydrogens is 248 g/mol. The van der Waals surface area contributed by atoms with Crippen molar-refractivity contribution in [3.63, 3.8) is 0 Å². The number of rotatable bonds is 4. The van der Waals surface area contributed by atoms with Crippen LogP contribution in [-0.2, 0) is 21.0 Å². The van der Waals surface area contributed by atoms with Gasteiger partial charge in [0.15, 0.2) is 0 Å². The van der Waals surface area contributed by atoms with Crippen molar-refractivity contribution in [2.75, 3.05) is 5.75 Å². The summed E-state index contributed by atoms with van der Waals surface area (Å²) < 4.78 is 12.0. The van der Waals surface area contributed by atoms with Crippen LogP contribution >= 0.6 is 0 Å². The number of hydrogen-bond acceptors (Lipinski definition) is 2. The Kier molecular flexibility index (Phi) is 4.68. The van der Waals surface area contributed by atoms with Crippen molar-refractivity contribution in [2.45, 2.75) is 38.0 Å². The van der Waals surface area contributed by atoms with Crippen LogP contribution in [0.15, 0.2) is 29.2 Å². The van der Waals surface area contributed by atoms with Gasteiger partial charge in [-0.3, -0.25) is 9.00 Å². The van der Waals surface area contributed by atoms with E-state index in [0.717, 1.165) is 0 Å². The zero-order chi connectivity index (χ0) is 13.9. The van der Waals surface area contributed by atoms with E-state index in [1.54, 1.807) is 6.92 Å². The Morgan fingerprint density at radius 1 is 1.28 bits per heavy atom. The standard InChI is InChI=1S/C14H20O3S/c1-10(13(15)16)9-18(17)12-7-5-11(6-8-12)14(2,3)4/h5-8,10H,9H2,1-4H3,(H,15,16). The maximum Gasteiger partial charge on any atom is 0.307 e. The lowest BCUT2D eigenvalue weighted by molar-refractivity contribution is -0.140. The van der Waals surface area contributed by atoms with Crippen molar-refractivity contribution in [1.29, 1.82) is 0 Å². The van der Waals surface area contributed by atoms with E-state index >= 15 is 0 Å². The molecule has 3 nitrogen and oxygen atoms in total. The highest BCUT2D eigenvalue weighted by Crippen LogP contribution is 2.23. The predicted octanol–water partition coefficient (Wildman–Crippen LogP) is 2.81. The number of hydrogen-bond donors (Lipinski definition) is 1. The summed E-state index contributed by atoms with van der Waals surface area (Å²) in [6, 6.07) is 7.56. The molecule has 100 valence electrons. The van der Waals surface area contributed by atoms with E-state index in [0.29, 0.717) is 4.90 Å². The molecule has 0 aliphatic rings. The van der Waals surface area contributed by atoms with Crippen molar-refractivity contribution in [2.24, 2.45) is 5.92 Å². The van der Waals surface area contributed by atoms with Gasteiger partial charge in [-0.15, -0.1) is 0 Å². The molecule has 4 heteroatoms. The van der Waals surface area contributed by atoms with Crippen LogP contribution < -0.4 is 0 Å². The fourth-order valence-electron chi connectivity index (χ4n) is 1.50. The van der Waals surface area contributed by atoms with Gasteiger partial charge in [-0.2, -0.15) is 0 Å². The van der Waals surface area contributed by atoms with Crippen LogP contribution in [0.3, 0.4) is 0 Å². The minimum absolute atomic E-state index is 0.0639. The molecule has 1 aromatic carbocycles. The van der Waals surface area contributed by atoms with Crippen LogP contribution in [0.25, 0.3) is 0 Å². The summed E-state index contributed by atoms with van der Waals surface area (Å²) in [5.74, 6) is -1.34. The molecule has 18 heavy (non-hydrogen) atoms. The largest absolute Gasteiger partial charge is 0.481 e. The smallest absolute Gasteiger partial charge is 0.307 e. The van der Waals surface area contributed by atoms with Crippen molar-refractivity contribution < 1.29 is 14.1 Å². The molecule has 1 rings (SSSR count). The molecule has 0 aromatic heterocycles. The summed E-state index contributed by atoms with van der Waals surface area (Å²) in [7, 11) is -1.25. The van der Waals surface area contributed by atoms with Crippen molar-refractivity contribution in [3.8, 4) is 0 Å². The summed E-state index contributed by atoms with van der Waals surface area (Å²) in [5.41, 5.74) is 1.24. The summed E-state index contributed by atoms with van der Waals surface area (Å²) in [4.78, 5) is 11.4. The molecule has 0 amide bonds. The quantitative estimate of drug-likeness (QED) is 0.913. The van der Waals surface area contributed by atoms with Crippen molar-refractivity contribution >= 4 is 16.8 Å². The lowest BCUT2D eigenvalue weighted by Gasteiger charge is -2.19. The molecule has 0 radical (unpaired) electrons. The fourth-order valence-corrected chi connectivity index (χ4v) is 2.73. The van der Waals surface area contributed by atoms with Gasteiger partial charge in [-0.1, -0.05) is 39.8 Å². The zero-order valence-electron chi connectivity index (χ0n) is 11.3. The van der Waals surface area contributed by atoms with E-state index in [1.807, 2.05) is 24.3 Å². The van der Waals surface area contributed by atoms with Gasteiger partial charge in [0.2, 0.25) is 0 Å². The van der Waals surface area contributed by atoms with Crippen molar-refractivity contribution in [3.05, 3.63) is 29.8 Å². The molecule has 2 unspecified atom stereocenters. The highest BCUT2D eigenvalue weighted by atomic mass is 32.2. The molecule has 2 atom stereocenters. The average Bonchev–Trinajstić information content (AvgIpc) is 2.27. The summed E-state index contributed by atoms with van der Waals surface area (Å²) in [6.45, 7) is 7.92. The highest BCUT2D eigenvalue weighted by Gasteiger charge is 2.17. The minimum atomic E-state index is -1.25. The van der Waals surface area contributed by atoms with Crippen LogP contribution in [0.5, 0.6) is 0 Å². The maximum absolute atomic E-state index is 12.0. The molecule has 0 aliphatic carbocycles. The molecule has 0 saturated heterocycles. The molecule has 1 aromatic rings.